The zero-order chi connectivity index (χ0) is 8.20. The molecular formula is C5H6F5. The predicted octanol–water partition coefficient (Wildman–Crippen LogP) is 2.45. The molecular weight excluding hydrogens is 155 g/mol. The lowest BCUT2D eigenvalue weighted by Gasteiger charge is -2.15. The topological polar surface area (TPSA) is 0 Å². The minimum Gasteiger partial charge on any atom is -0.251 e. The third-order valence-electron chi connectivity index (χ3n) is 0.942. The van der Waals surface area contributed by atoms with E-state index in [0.29, 0.717) is 0 Å². The van der Waals surface area contributed by atoms with Crippen LogP contribution in [0.4, 0.5) is 22.0 Å². The van der Waals surface area contributed by atoms with E-state index < -0.39 is 31.9 Å². The first-order valence-electron chi connectivity index (χ1n) is 2.56. The summed E-state index contributed by atoms with van der Waals surface area (Å²) in [5.74, 6) is -3.91. The smallest absolute Gasteiger partial charge is 0.251 e. The number of alkyl halides is 4. The average molecular weight is 161 g/mol. The van der Waals surface area contributed by atoms with Crippen molar-refractivity contribution in [3.05, 3.63) is 6.67 Å². The Bertz CT molecular complexity index is 92.0. The molecule has 0 amide bonds. The first kappa shape index (κ1) is 9.65. The van der Waals surface area contributed by atoms with Gasteiger partial charge in [0.05, 0.1) is 6.67 Å². The summed E-state index contributed by atoms with van der Waals surface area (Å²) in [5, 5.41) is 0. The van der Waals surface area contributed by atoms with Crippen LogP contribution in [0.15, 0.2) is 0 Å². The molecule has 0 aromatic carbocycles. The number of rotatable bonds is 4. The third-order valence-corrected chi connectivity index (χ3v) is 0.942. The van der Waals surface area contributed by atoms with E-state index in [1.807, 2.05) is 0 Å². The maximum atomic E-state index is 11.9. The van der Waals surface area contributed by atoms with E-state index >= 15 is 0 Å². The second kappa shape index (κ2) is 3.73. The fraction of sp³-hybridized carbons (Fsp3) is 0.800. The van der Waals surface area contributed by atoms with E-state index in [9.17, 15) is 22.0 Å². The van der Waals surface area contributed by atoms with Crippen LogP contribution in [0.3, 0.4) is 0 Å². The summed E-state index contributed by atoms with van der Waals surface area (Å²) in [6.07, 6.45) is -4.28. The zero-order valence-corrected chi connectivity index (χ0v) is 4.96. The lowest BCUT2D eigenvalue weighted by atomic mass is 10.2. The van der Waals surface area contributed by atoms with Gasteiger partial charge in [0.25, 0.3) is 5.92 Å². The minimum atomic E-state index is -3.91. The molecule has 0 aliphatic rings. The van der Waals surface area contributed by atoms with E-state index in [2.05, 4.69) is 0 Å². The van der Waals surface area contributed by atoms with Crippen molar-refractivity contribution in [3.8, 4) is 0 Å². The Morgan fingerprint density at radius 2 is 1.90 bits per heavy atom. The highest BCUT2D eigenvalue weighted by atomic mass is 19.3. The van der Waals surface area contributed by atoms with Crippen molar-refractivity contribution in [3.63, 3.8) is 0 Å². The Labute approximate surface area is 55.0 Å². The molecule has 1 unspecified atom stereocenters. The van der Waals surface area contributed by atoms with Gasteiger partial charge in [-0.2, -0.15) is 0 Å². The summed E-state index contributed by atoms with van der Waals surface area (Å²) in [6.45, 7) is -2.14. The van der Waals surface area contributed by atoms with Crippen molar-refractivity contribution in [1.29, 1.82) is 0 Å². The van der Waals surface area contributed by atoms with Crippen LogP contribution in [0, 0.1) is 6.67 Å². The molecule has 0 saturated heterocycles. The molecule has 1 radical (unpaired) electrons. The lowest BCUT2D eigenvalue weighted by Crippen LogP contribution is -2.29. The van der Waals surface area contributed by atoms with Crippen LogP contribution >= 0.6 is 0 Å². The van der Waals surface area contributed by atoms with Crippen LogP contribution in [0.5, 0.6) is 0 Å². The summed E-state index contributed by atoms with van der Waals surface area (Å²) in [7, 11) is 0. The van der Waals surface area contributed by atoms with Gasteiger partial charge in [0.15, 0.2) is 12.8 Å². The molecule has 0 saturated carbocycles. The second-order valence-electron chi connectivity index (χ2n) is 1.73. The Morgan fingerprint density at radius 1 is 1.40 bits per heavy atom. The Kier molecular flexibility index (Phi) is 3.60. The Balaban J connectivity index is 3.82. The fourth-order valence-electron chi connectivity index (χ4n) is 0.356. The Morgan fingerprint density at radius 3 is 2.20 bits per heavy atom. The van der Waals surface area contributed by atoms with Crippen molar-refractivity contribution < 1.29 is 22.0 Å². The second-order valence-corrected chi connectivity index (χ2v) is 1.73. The standard InChI is InChI=1S/C5H6F5/c6-2-1-5(9,10)4(8)3-7/h3-4H,1-2H2. The summed E-state index contributed by atoms with van der Waals surface area (Å²) >= 11 is 0. The molecule has 10 heavy (non-hydrogen) atoms. The highest BCUT2D eigenvalue weighted by molar-refractivity contribution is 4.81. The van der Waals surface area contributed by atoms with Crippen LogP contribution in [0.1, 0.15) is 6.42 Å². The van der Waals surface area contributed by atoms with Crippen molar-refractivity contribution in [2.45, 2.75) is 18.5 Å². The molecule has 0 aliphatic carbocycles. The monoisotopic (exact) mass is 161 g/mol. The molecule has 0 aromatic rings. The van der Waals surface area contributed by atoms with Crippen molar-refractivity contribution in [2.75, 3.05) is 6.67 Å². The quantitative estimate of drug-likeness (QED) is 0.555. The van der Waals surface area contributed by atoms with Gasteiger partial charge in [-0.15, -0.1) is 0 Å². The van der Waals surface area contributed by atoms with Gasteiger partial charge < -0.3 is 0 Å². The van der Waals surface area contributed by atoms with Crippen LogP contribution in [-0.4, -0.2) is 18.8 Å². The number of hydrogen-bond acceptors (Lipinski definition) is 0. The molecule has 0 spiro atoms. The lowest BCUT2D eigenvalue weighted by molar-refractivity contribution is -0.0763. The van der Waals surface area contributed by atoms with Crippen molar-refractivity contribution in [1.82, 2.24) is 0 Å². The maximum Gasteiger partial charge on any atom is 0.284 e. The van der Waals surface area contributed by atoms with Gasteiger partial charge in [-0.25, -0.2) is 17.6 Å². The highest BCUT2D eigenvalue weighted by Crippen LogP contribution is 2.27. The van der Waals surface area contributed by atoms with E-state index in [-0.39, 0.29) is 0 Å². The predicted molar refractivity (Wildman–Crippen MR) is 25.8 cm³/mol. The van der Waals surface area contributed by atoms with Crippen LogP contribution in [0.25, 0.3) is 0 Å². The zero-order valence-electron chi connectivity index (χ0n) is 4.96. The van der Waals surface area contributed by atoms with Gasteiger partial charge in [0, 0.05) is 6.42 Å². The molecule has 0 rings (SSSR count). The fourth-order valence-corrected chi connectivity index (χ4v) is 0.356. The first-order valence-corrected chi connectivity index (χ1v) is 2.56. The molecule has 5 heteroatoms. The van der Waals surface area contributed by atoms with Gasteiger partial charge in [0.2, 0.25) is 0 Å². The van der Waals surface area contributed by atoms with E-state index in [1.165, 1.54) is 0 Å². The molecule has 1 atom stereocenters. The van der Waals surface area contributed by atoms with Crippen LogP contribution < -0.4 is 0 Å². The van der Waals surface area contributed by atoms with Crippen molar-refractivity contribution in [2.24, 2.45) is 0 Å². The normalized spacial score (nSPS) is 15.3. The van der Waals surface area contributed by atoms with E-state index in [0.717, 1.165) is 0 Å². The largest absolute Gasteiger partial charge is 0.284 e. The molecule has 0 bridgehead atoms. The average Bonchev–Trinajstić information content (AvgIpc) is 1.86. The summed E-state index contributed by atoms with van der Waals surface area (Å²) in [6, 6.07) is 0. The molecule has 0 fully saturated rings. The summed E-state index contributed by atoms with van der Waals surface area (Å²) < 4.78 is 57.9. The molecule has 0 aromatic heterocycles. The Hall–Kier alpha value is -0.350. The van der Waals surface area contributed by atoms with Gasteiger partial charge in [-0.05, 0) is 0 Å². The molecule has 0 aliphatic heterocycles. The van der Waals surface area contributed by atoms with Gasteiger partial charge in [-0.1, -0.05) is 0 Å². The SMILES string of the molecule is F[CH]C(F)C(F)(F)CCF. The first-order chi connectivity index (χ1) is 4.54. The van der Waals surface area contributed by atoms with Crippen LogP contribution in [-0.2, 0) is 0 Å². The molecule has 61 valence electrons. The molecule has 0 heterocycles. The van der Waals surface area contributed by atoms with Crippen LogP contribution in [0.2, 0.25) is 0 Å². The van der Waals surface area contributed by atoms with E-state index in [1.54, 1.807) is 0 Å². The van der Waals surface area contributed by atoms with Gasteiger partial charge >= 0.3 is 0 Å². The maximum absolute atomic E-state index is 11.9. The number of hydrogen-bond donors (Lipinski definition) is 0. The van der Waals surface area contributed by atoms with Crippen molar-refractivity contribution >= 4 is 0 Å². The number of halogens is 5. The summed E-state index contributed by atoms with van der Waals surface area (Å²) in [4.78, 5) is 0. The van der Waals surface area contributed by atoms with E-state index in [4.69, 9.17) is 0 Å². The molecule has 0 nitrogen and oxygen atoms in total. The molecule has 0 N–H and O–H groups in total. The summed E-state index contributed by atoms with van der Waals surface area (Å²) in [5.41, 5.74) is 0. The minimum absolute atomic E-state index is 0.782. The highest BCUT2D eigenvalue weighted by Gasteiger charge is 2.39. The van der Waals surface area contributed by atoms with Gasteiger partial charge in [-0.3, -0.25) is 4.39 Å². The van der Waals surface area contributed by atoms with Gasteiger partial charge in [0.1, 0.15) is 0 Å². The third kappa shape index (κ3) is 2.49.